The number of carbonyl (C=O) groups excluding carboxylic acids is 1. The van der Waals surface area contributed by atoms with Crippen LogP contribution in [-0.4, -0.2) is 36.5 Å². The summed E-state index contributed by atoms with van der Waals surface area (Å²) in [7, 11) is 0. The molecule has 0 aliphatic carbocycles. The van der Waals surface area contributed by atoms with Crippen LogP contribution < -0.4 is 5.32 Å². The number of halogens is 1. The van der Waals surface area contributed by atoms with E-state index in [1.165, 1.54) is 0 Å². The Morgan fingerprint density at radius 2 is 2.00 bits per heavy atom. The Morgan fingerprint density at radius 1 is 1.37 bits per heavy atom. The average Bonchev–Trinajstić information content (AvgIpc) is 2.40. The Bertz CT molecular complexity index is 430. The zero-order valence-corrected chi connectivity index (χ0v) is 14.3. The third kappa shape index (κ3) is 4.45. The summed E-state index contributed by atoms with van der Waals surface area (Å²) < 4.78 is 1.04. The molecule has 0 fully saturated rings. The molecule has 106 valence electrons. The van der Waals surface area contributed by atoms with Crippen LogP contribution >= 0.6 is 22.6 Å². The van der Waals surface area contributed by atoms with E-state index in [0.717, 1.165) is 27.8 Å². The van der Waals surface area contributed by atoms with Gasteiger partial charge in [-0.1, -0.05) is 26.0 Å². The van der Waals surface area contributed by atoms with Gasteiger partial charge in [0, 0.05) is 16.2 Å². The second-order valence-electron chi connectivity index (χ2n) is 4.72. The van der Waals surface area contributed by atoms with Crippen molar-refractivity contribution >= 4 is 28.5 Å². The van der Waals surface area contributed by atoms with Crippen LogP contribution in [0.4, 0.5) is 0 Å². The summed E-state index contributed by atoms with van der Waals surface area (Å²) in [6.45, 7) is 11.2. The third-order valence-electron chi connectivity index (χ3n) is 3.43. The second-order valence-corrected chi connectivity index (χ2v) is 5.80. The van der Waals surface area contributed by atoms with Gasteiger partial charge in [0.25, 0.3) is 5.91 Å². The Balaban J connectivity index is 2.63. The van der Waals surface area contributed by atoms with Crippen molar-refractivity contribution in [2.45, 2.75) is 33.7 Å². The molecule has 0 aromatic heterocycles. The molecule has 0 unspecified atom stereocenters. The summed E-state index contributed by atoms with van der Waals surface area (Å²) in [5.41, 5.74) is 1.91. The minimum atomic E-state index is 0.0205. The van der Waals surface area contributed by atoms with Gasteiger partial charge in [0.2, 0.25) is 0 Å². The minimum Gasteiger partial charge on any atom is -0.350 e. The van der Waals surface area contributed by atoms with Crippen LogP contribution in [0.3, 0.4) is 0 Å². The molecule has 19 heavy (non-hydrogen) atoms. The van der Waals surface area contributed by atoms with Crippen molar-refractivity contribution in [3.8, 4) is 0 Å². The molecule has 0 radical (unpaired) electrons. The lowest BCUT2D eigenvalue weighted by Gasteiger charge is -2.26. The van der Waals surface area contributed by atoms with Crippen LogP contribution in [0.1, 0.15) is 36.7 Å². The Hall–Kier alpha value is -0.620. The Kier molecular flexibility index (Phi) is 6.79. The molecule has 1 rings (SSSR count). The molecule has 0 saturated heterocycles. The smallest absolute Gasteiger partial charge is 0.252 e. The van der Waals surface area contributed by atoms with Gasteiger partial charge in [0.15, 0.2) is 0 Å². The lowest BCUT2D eigenvalue weighted by Crippen LogP contribution is -2.42. The summed E-state index contributed by atoms with van der Waals surface area (Å²) >= 11 is 2.23. The van der Waals surface area contributed by atoms with Gasteiger partial charge in [0.1, 0.15) is 0 Å². The number of rotatable bonds is 6. The number of likely N-dealkylation sites (N-methyl/N-ethyl adjacent to an activating group) is 1. The normalized spacial score (nSPS) is 12.5. The number of nitrogens with zero attached hydrogens (tertiary/aromatic N) is 1. The average molecular weight is 374 g/mol. The first-order valence-electron chi connectivity index (χ1n) is 6.78. The summed E-state index contributed by atoms with van der Waals surface area (Å²) in [4.78, 5) is 14.5. The van der Waals surface area contributed by atoms with Crippen molar-refractivity contribution < 1.29 is 4.79 Å². The summed E-state index contributed by atoms with van der Waals surface area (Å²) in [6.07, 6.45) is 0. The molecule has 0 heterocycles. The highest BCUT2D eigenvalue weighted by Crippen LogP contribution is 2.16. The molecule has 0 saturated carbocycles. The van der Waals surface area contributed by atoms with Gasteiger partial charge < -0.3 is 5.32 Å². The van der Waals surface area contributed by atoms with Gasteiger partial charge in [-0.05, 0) is 61.2 Å². The number of aryl methyl sites for hydroxylation is 1. The Labute approximate surface area is 129 Å². The van der Waals surface area contributed by atoms with E-state index in [2.05, 4.69) is 53.6 Å². The van der Waals surface area contributed by atoms with Crippen molar-refractivity contribution in [2.24, 2.45) is 0 Å². The summed E-state index contributed by atoms with van der Waals surface area (Å²) in [5, 5.41) is 3.03. The number of nitrogens with one attached hydrogen (secondary N) is 1. The zero-order valence-electron chi connectivity index (χ0n) is 12.2. The lowest BCUT2D eigenvalue weighted by molar-refractivity contribution is 0.0937. The fraction of sp³-hybridized carbons (Fsp3) is 0.533. The molecule has 0 aliphatic rings. The fourth-order valence-corrected chi connectivity index (χ4v) is 2.74. The molecule has 1 amide bonds. The van der Waals surface area contributed by atoms with E-state index in [4.69, 9.17) is 0 Å². The monoisotopic (exact) mass is 374 g/mol. The molecule has 0 aliphatic heterocycles. The second kappa shape index (κ2) is 7.85. The largest absolute Gasteiger partial charge is 0.350 e. The van der Waals surface area contributed by atoms with Crippen molar-refractivity contribution in [3.05, 3.63) is 32.9 Å². The van der Waals surface area contributed by atoms with Crippen LogP contribution in [0.25, 0.3) is 0 Å². The van der Waals surface area contributed by atoms with E-state index in [-0.39, 0.29) is 5.91 Å². The Morgan fingerprint density at radius 3 is 2.58 bits per heavy atom. The van der Waals surface area contributed by atoms with Crippen molar-refractivity contribution in [3.63, 3.8) is 0 Å². The highest BCUT2D eigenvalue weighted by Gasteiger charge is 2.14. The number of amides is 1. The SMILES string of the molecule is CCN(CC)[C@H](C)CNC(=O)c1cccc(C)c1I. The maximum Gasteiger partial charge on any atom is 0.252 e. The van der Waals surface area contributed by atoms with Crippen LogP contribution in [0.15, 0.2) is 18.2 Å². The fourth-order valence-electron chi connectivity index (χ4n) is 2.13. The molecule has 1 aromatic carbocycles. The molecular weight excluding hydrogens is 351 g/mol. The van der Waals surface area contributed by atoms with E-state index >= 15 is 0 Å². The first-order chi connectivity index (χ1) is 9.01. The predicted molar refractivity (Wildman–Crippen MR) is 88.6 cm³/mol. The topological polar surface area (TPSA) is 32.3 Å². The first kappa shape index (κ1) is 16.4. The zero-order chi connectivity index (χ0) is 14.4. The quantitative estimate of drug-likeness (QED) is 0.777. The molecule has 1 N–H and O–H groups in total. The maximum atomic E-state index is 12.2. The van der Waals surface area contributed by atoms with Crippen molar-refractivity contribution in [2.75, 3.05) is 19.6 Å². The summed E-state index contributed by atoms with van der Waals surface area (Å²) in [5.74, 6) is 0.0205. The molecule has 1 atom stereocenters. The van der Waals surface area contributed by atoms with Crippen LogP contribution in [0, 0.1) is 10.5 Å². The predicted octanol–water partition coefficient (Wildman–Crippen LogP) is 3.06. The van der Waals surface area contributed by atoms with Gasteiger partial charge >= 0.3 is 0 Å². The number of hydrogen-bond acceptors (Lipinski definition) is 2. The van der Waals surface area contributed by atoms with Crippen molar-refractivity contribution in [1.82, 2.24) is 10.2 Å². The molecule has 3 nitrogen and oxygen atoms in total. The van der Waals surface area contributed by atoms with E-state index < -0.39 is 0 Å². The number of hydrogen-bond donors (Lipinski definition) is 1. The molecular formula is C15H23IN2O. The lowest BCUT2D eigenvalue weighted by atomic mass is 10.1. The highest BCUT2D eigenvalue weighted by molar-refractivity contribution is 14.1. The maximum absolute atomic E-state index is 12.2. The standard InChI is InChI=1S/C15H23IN2O/c1-5-18(6-2)12(4)10-17-15(19)13-9-7-8-11(3)14(13)16/h7-9,12H,5-6,10H2,1-4H3,(H,17,19)/t12-/m1/s1. The molecule has 4 heteroatoms. The van der Waals surface area contributed by atoms with Gasteiger partial charge in [-0.25, -0.2) is 0 Å². The van der Waals surface area contributed by atoms with Crippen LogP contribution in [0.2, 0.25) is 0 Å². The highest BCUT2D eigenvalue weighted by atomic mass is 127. The van der Waals surface area contributed by atoms with Crippen LogP contribution in [0.5, 0.6) is 0 Å². The first-order valence-corrected chi connectivity index (χ1v) is 7.86. The van der Waals surface area contributed by atoms with Gasteiger partial charge in [-0.3, -0.25) is 9.69 Å². The molecule has 0 spiro atoms. The minimum absolute atomic E-state index is 0.0205. The summed E-state index contributed by atoms with van der Waals surface area (Å²) in [6, 6.07) is 6.20. The van der Waals surface area contributed by atoms with E-state index in [9.17, 15) is 4.79 Å². The van der Waals surface area contributed by atoms with E-state index in [0.29, 0.717) is 12.6 Å². The van der Waals surface area contributed by atoms with Gasteiger partial charge in [-0.2, -0.15) is 0 Å². The number of carbonyl (C=O) groups is 1. The van der Waals surface area contributed by atoms with Crippen molar-refractivity contribution in [1.29, 1.82) is 0 Å². The van der Waals surface area contributed by atoms with Gasteiger partial charge in [-0.15, -0.1) is 0 Å². The number of benzene rings is 1. The molecule has 0 bridgehead atoms. The van der Waals surface area contributed by atoms with Crippen LogP contribution in [-0.2, 0) is 0 Å². The van der Waals surface area contributed by atoms with E-state index in [1.807, 2.05) is 25.1 Å². The van der Waals surface area contributed by atoms with E-state index in [1.54, 1.807) is 0 Å². The third-order valence-corrected chi connectivity index (χ3v) is 4.86. The van der Waals surface area contributed by atoms with Gasteiger partial charge in [0.05, 0.1) is 5.56 Å². The molecule has 1 aromatic rings.